The van der Waals surface area contributed by atoms with Crippen LogP contribution in [0.2, 0.25) is 0 Å². The van der Waals surface area contributed by atoms with E-state index in [4.69, 9.17) is 9.72 Å². The maximum atomic E-state index is 13.1. The average molecular weight is 370 g/mol. The molecule has 0 spiro atoms. The van der Waals surface area contributed by atoms with E-state index in [9.17, 15) is 9.59 Å². The number of para-hydroxylation sites is 2. The Morgan fingerprint density at radius 3 is 2.85 bits per heavy atom. The Morgan fingerprint density at radius 2 is 2.07 bits per heavy atom. The Morgan fingerprint density at radius 1 is 1.30 bits per heavy atom. The van der Waals surface area contributed by atoms with Crippen molar-refractivity contribution >= 4 is 22.8 Å². The van der Waals surface area contributed by atoms with E-state index in [2.05, 4.69) is 13.8 Å². The van der Waals surface area contributed by atoms with Gasteiger partial charge in [-0.3, -0.25) is 9.59 Å². The number of rotatable bonds is 3. The molecule has 0 N–H and O–H groups in total. The van der Waals surface area contributed by atoms with Crippen LogP contribution in [0.5, 0.6) is 0 Å². The second kappa shape index (κ2) is 6.96. The molecule has 0 unspecified atom stereocenters. The van der Waals surface area contributed by atoms with E-state index in [0.29, 0.717) is 26.1 Å². The zero-order chi connectivity index (χ0) is 19.1. The van der Waals surface area contributed by atoms with Gasteiger partial charge in [0.15, 0.2) is 0 Å². The first kappa shape index (κ1) is 18.0. The van der Waals surface area contributed by atoms with Crippen molar-refractivity contribution in [2.24, 2.45) is 0 Å². The predicted octanol–water partition coefficient (Wildman–Crippen LogP) is 1.62. The summed E-state index contributed by atoms with van der Waals surface area (Å²) in [6.45, 7) is 5.91. The Kier molecular flexibility index (Phi) is 4.63. The van der Waals surface area contributed by atoms with Gasteiger partial charge in [-0.2, -0.15) is 0 Å². The number of amides is 2. The molecule has 7 nitrogen and oxygen atoms in total. The Bertz CT molecular complexity index is 875. The van der Waals surface area contributed by atoms with Crippen LogP contribution in [0.4, 0.5) is 0 Å². The standard InChI is InChI=1S/C20H26N4O3/c1-13(2)20-21-14-6-4-5-7-15(14)24(20)12-19(26)23-10-16-17(11-23)27-9-8-18(25)22(16)3/h4-7,13,16-17H,8-12H2,1-3H3/t16-,17-/m0/s1. The van der Waals surface area contributed by atoms with Crippen LogP contribution in [0.1, 0.15) is 32.0 Å². The Balaban J connectivity index is 1.56. The third kappa shape index (κ3) is 3.20. The number of carbonyl (C=O) groups excluding carboxylic acids is 2. The molecule has 1 aromatic carbocycles. The van der Waals surface area contributed by atoms with Gasteiger partial charge in [0.25, 0.3) is 0 Å². The van der Waals surface area contributed by atoms with Crippen LogP contribution in [0.3, 0.4) is 0 Å². The second-order valence-electron chi connectivity index (χ2n) is 7.73. The van der Waals surface area contributed by atoms with Crippen molar-refractivity contribution in [3.05, 3.63) is 30.1 Å². The molecule has 2 aromatic rings. The number of imidazole rings is 1. The third-order valence-electron chi connectivity index (χ3n) is 5.62. The van der Waals surface area contributed by atoms with E-state index < -0.39 is 0 Å². The van der Waals surface area contributed by atoms with Gasteiger partial charge in [-0.1, -0.05) is 26.0 Å². The zero-order valence-electron chi connectivity index (χ0n) is 16.1. The summed E-state index contributed by atoms with van der Waals surface area (Å²) in [6, 6.07) is 7.85. The number of hydrogen-bond donors (Lipinski definition) is 0. The SMILES string of the molecule is CC(C)c1nc2ccccc2n1CC(=O)N1C[C@@H]2OCCC(=O)N(C)[C@H]2C1. The minimum absolute atomic E-state index is 0.0394. The number of carbonyl (C=O) groups is 2. The molecule has 0 bridgehead atoms. The fourth-order valence-corrected chi connectivity index (χ4v) is 4.09. The fourth-order valence-electron chi connectivity index (χ4n) is 4.09. The lowest BCUT2D eigenvalue weighted by molar-refractivity contribution is -0.134. The summed E-state index contributed by atoms with van der Waals surface area (Å²) in [5.41, 5.74) is 1.89. The quantitative estimate of drug-likeness (QED) is 0.823. The highest BCUT2D eigenvalue weighted by molar-refractivity contribution is 5.82. The van der Waals surface area contributed by atoms with Crippen LogP contribution in [0.25, 0.3) is 11.0 Å². The van der Waals surface area contributed by atoms with Crippen molar-refractivity contribution in [2.45, 2.75) is 44.9 Å². The number of fused-ring (bicyclic) bond motifs is 2. The number of benzene rings is 1. The topological polar surface area (TPSA) is 67.7 Å². The van der Waals surface area contributed by atoms with Crippen molar-refractivity contribution in [1.29, 1.82) is 0 Å². The fraction of sp³-hybridized carbons (Fsp3) is 0.550. The van der Waals surface area contributed by atoms with Crippen LogP contribution < -0.4 is 0 Å². The summed E-state index contributed by atoms with van der Waals surface area (Å²) in [6.07, 6.45) is 0.311. The summed E-state index contributed by atoms with van der Waals surface area (Å²) in [4.78, 5) is 33.4. The first-order chi connectivity index (χ1) is 13.0. The van der Waals surface area contributed by atoms with Gasteiger partial charge in [0.05, 0.1) is 36.2 Å². The van der Waals surface area contributed by atoms with Gasteiger partial charge in [-0.15, -0.1) is 0 Å². The number of ether oxygens (including phenoxy) is 1. The summed E-state index contributed by atoms with van der Waals surface area (Å²) < 4.78 is 7.86. The second-order valence-corrected chi connectivity index (χ2v) is 7.73. The summed E-state index contributed by atoms with van der Waals surface area (Å²) in [5.74, 6) is 1.26. The van der Waals surface area contributed by atoms with Crippen LogP contribution in [0.15, 0.2) is 24.3 Å². The molecule has 4 rings (SSSR count). The highest BCUT2D eigenvalue weighted by atomic mass is 16.5. The molecule has 2 saturated heterocycles. The Hall–Kier alpha value is -2.41. The van der Waals surface area contributed by atoms with Gasteiger partial charge in [0.1, 0.15) is 12.4 Å². The van der Waals surface area contributed by atoms with Crippen molar-refractivity contribution in [1.82, 2.24) is 19.4 Å². The van der Waals surface area contributed by atoms with Crippen molar-refractivity contribution < 1.29 is 14.3 Å². The number of nitrogens with zero attached hydrogens (tertiary/aromatic N) is 4. The number of aromatic nitrogens is 2. The molecule has 2 atom stereocenters. The highest BCUT2D eigenvalue weighted by Crippen LogP contribution is 2.25. The molecule has 2 aliphatic heterocycles. The van der Waals surface area contributed by atoms with E-state index in [1.54, 1.807) is 4.90 Å². The molecular formula is C20H26N4O3. The van der Waals surface area contributed by atoms with Gasteiger partial charge in [-0.05, 0) is 12.1 Å². The molecule has 2 fully saturated rings. The minimum Gasteiger partial charge on any atom is -0.374 e. The van der Waals surface area contributed by atoms with Crippen molar-refractivity contribution in [2.75, 3.05) is 26.7 Å². The lowest BCUT2D eigenvalue weighted by atomic mass is 10.2. The number of likely N-dealkylation sites (tertiary alicyclic amines) is 1. The van der Waals surface area contributed by atoms with Crippen LogP contribution in [-0.2, 0) is 20.9 Å². The predicted molar refractivity (Wildman–Crippen MR) is 101 cm³/mol. The minimum atomic E-state index is -0.102. The van der Waals surface area contributed by atoms with Crippen LogP contribution in [0, 0.1) is 0 Å². The van der Waals surface area contributed by atoms with Gasteiger partial charge in [-0.25, -0.2) is 4.98 Å². The zero-order valence-corrected chi connectivity index (χ0v) is 16.1. The molecular weight excluding hydrogens is 344 g/mol. The van der Waals surface area contributed by atoms with Gasteiger partial charge >= 0.3 is 0 Å². The molecule has 3 heterocycles. The molecule has 144 valence electrons. The highest BCUT2D eigenvalue weighted by Gasteiger charge is 2.41. The summed E-state index contributed by atoms with van der Waals surface area (Å²) in [5, 5.41) is 0. The molecule has 0 radical (unpaired) electrons. The maximum absolute atomic E-state index is 13.1. The summed E-state index contributed by atoms with van der Waals surface area (Å²) >= 11 is 0. The van der Waals surface area contributed by atoms with Crippen molar-refractivity contribution in [3.8, 4) is 0 Å². The monoisotopic (exact) mass is 370 g/mol. The van der Waals surface area contributed by atoms with E-state index in [1.807, 2.05) is 40.8 Å². The van der Waals surface area contributed by atoms with Gasteiger partial charge < -0.3 is 19.1 Å². The largest absolute Gasteiger partial charge is 0.374 e. The van der Waals surface area contributed by atoms with Crippen LogP contribution >= 0.6 is 0 Å². The molecule has 27 heavy (non-hydrogen) atoms. The number of likely N-dealkylation sites (N-methyl/N-ethyl adjacent to an activating group) is 1. The maximum Gasteiger partial charge on any atom is 0.242 e. The third-order valence-corrected chi connectivity index (χ3v) is 5.62. The molecule has 0 saturated carbocycles. The summed E-state index contributed by atoms with van der Waals surface area (Å²) in [7, 11) is 1.81. The van der Waals surface area contributed by atoms with E-state index in [1.165, 1.54) is 0 Å². The molecule has 2 amide bonds. The van der Waals surface area contributed by atoms with E-state index in [-0.39, 0.29) is 36.4 Å². The van der Waals surface area contributed by atoms with E-state index in [0.717, 1.165) is 16.9 Å². The van der Waals surface area contributed by atoms with Gasteiger partial charge in [0, 0.05) is 26.1 Å². The molecule has 2 aliphatic rings. The van der Waals surface area contributed by atoms with Gasteiger partial charge in [0.2, 0.25) is 11.8 Å². The first-order valence-corrected chi connectivity index (χ1v) is 9.56. The van der Waals surface area contributed by atoms with Crippen molar-refractivity contribution in [3.63, 3.8) is 0 Å². The smallest absolute Gasteiger partial charge is 0.242 e. The normalized spacial score (nSPS) is 23.2. The molecule has 0 aliphatic carbocycles. The lowest BCUT2D eigenvalue weighted by Crippen LogP contribution is -2.43. The molecule has 1 aromatic heterocycles. The molecule has 7 heteroatoms. The van der Waals surface area contributed by atoms with E-state index >= 15 is 0 Å². The first-order valence-electron chi connectivity index (χ1n) is 9.56. The lowest BCUT2D eigenvalue weighted by Gasteiger charge is -2.25. The Labute approximate surface area is 158 Å². The number of hydrogen-bond acceptors (Lipinski definition) is 4. The van der Waals surface area contributed by atoms with Crippen LogP contribution in [-0.4, -0.2) is 70.1 Å². The average Bonchev–Trinajstić information content (AvgIpc) is 3.20.